The van der Waals surface area contributed by atoms with Crippen LogP contribution in [0.2, 0.25) is 0 Å². The van der Waals surface area contributed by atoms with Crippen molar-refractivity contribution in [1.82, 2.24) is 4.98 Å². The van der Waals surface area contributed by atoms with E-state index in [0.717, 1.165) is 16.5 Å². The van der Waals surface area contributed by atoms with E-state index in [1.54, 1.807) is 26.5 Å². The lowest BCUT2D eigenvalue weighted by molar-refractivity contribution is 0.359. The minimum Gasteiger partial charge on any atom is -0.493 e. The maximum Gasteiger partial charge on any atom is 0.168 e. The first-order valence-corrected chi connectivity index (χ1v) is 6.86. The van der Waals surface area contributed by atoms with Crippen LogP contribution in [-0.2, 0) is 0 Å². The number of nitrogen functional groups attached to an aromatic ring is 1. The predicted molar refractivity (Wildman–Crippen MR) is 89.0 cm³/mol. The van der Waals surface area contributed by atoms with Gasteiger partial charge in [-0.05, 0) is 18.2 Å². The van der Waals surface area contributed by atoms with Gasteiger partial charge in [0.1, 0.15) is 5.82 Å². The Hall–Kier alpha value is -2.95. The normalized spacial score (nSPS) is 10.5. The molecule has 0 saturated heterocycles. The molecule has 0 unspecified atom stereocenters. The molecule has 0 amide bonds. The van der Waals surface area contributed by atoms with E-state index in [1.807, 2.05) is 36.4 Å². The van der Waals surface area contributed by atoms with Crippen LogP contribution in [0.1, 0.15) is 0 Å². The molecule has 3 rings (SSSR count). The van der Waals surface area contributed by atoms with Crippen molar-refractivity contribution in [1.29, 1.82) is 0 Å². The molecule has 0 atom stereocenters. The van der Waals surface area contributed by atoms with E-state index in [-0.39, 0.29) is 0 Å². The summed E-state index contributed by atoms with van der Waals surface area (Å²) in [6.45, 7) is 0. The van der Waals surface area contributed by atoms with E-state index >= 15 is 0 Å². The number of aromatic nitrogens is 1. The molecule has 5 heteroatoms. The number of benzene rings is 2. The van der Waals surface area contributed by atoms with Crippen molar-refractivity contribution in [2.24, 2.45) is 0 Å². The summed E-state index contributed by atoms with van der Waals surface area (Å²) in [6.07, 6.45) is 1.72. The fourth-order valence-corrected chi connectivity index (χ4v) is 2.47. The molecule has 0 spiro atoms. The molecule has 0 fully saturated rings. The van der Waals surface area contributed by atoms with Gasteiger partial charge in [-0.15, -0.1) is 0 Å². The monoisotopic (exact) mass is 295 g/mol. The number of hydrogen-bond donors (Lipinski definition) is 2. The fourth-order valence-electron chi connectivity index (χ4n) is 2.47. The maximum atomic E-state index is 6.20. The number of pyridine rings is 1. The zero-order valence-electron chi connectivity index (χ0n) is 12.5. The van der Waals surface area contributed by atoms with Gasteiger partial charge in [0.25, 0.3) is 0 Å². The molecule has 0 aliphatic heterocycles. The molecule has 2 aromatic carbocycles. The third kappa shape index (κ3) is 2.37. The molecule has 0 aliphatic carbocycles. The highest BCUT2D eigenvalue weighted by Gasteiger charge is 2.15. The fraction of sp³-hybridized carbons (Fsp3) is 0.118. The molecule has 0 saturated carbocycles. The number of fused-ring (bicyclic) bond motifs is 1. The van der Waals surface area contributed by atoms with Crippen molar-refractivity contribution in [3.8, 4) is 11.5 Å². The molecule has 0 aliphatic rings. The van der Waals surface area contributed by atoms with Gasteiger partial charge in [0, 0.05) is 29.0 Å². The van der Waals surface area contributed by atoms with E-state index in [2.05, 4.69) is 10.3 Å². The highest BCUT2D eigenvalue weighted by molar-refractivity contribution is 6.06. The Bertz CT molecular complexity index is 804. The summed E-state index contributed by atoms with van der Waals surface area (Å²) < 4.78 is 10.8. The number of nitrogens with two attached hydrogens (primary N) is 1. The summed E-state index contributed by atoms with van der Waals surface area (Å²) in [4.78, 5) is 4.41. The molecule has 3 aromatic rings. The maximum absolute atomic E-state index is 6.20. The van der Waals surface area contributed by atoms with Crippen molar-refractivity contribution < 1.29 is 9.47 Å². The lowest BCUT2D eigenvalue weighted by Crippen LogP contribution is -2.00. The van der Waals surface area contributed by atoms with Crippen LogP contribution in [0, 0.1) is 0 Å². The molecule has 1 heterocycles. The summed E-state index contributed by atoms with van der Waals surface area (Å²) >= 11 is 0. The minimum absolute atomic E-state index is 0.583. The Morgan fingerprint density at radius 3 is 2.50 bits per heavy atom. The molecule has 22 heavy (non-hydrogen) atoms. The lowest BCUT2D eigenvalue weighted by Gasteiger charge is -2.15. The Labute approximate surface area is 128 Å². The first-order valence-electron chi connectivity index (χ1n) is 6.86. The van der Waals surface area contributed by atoms with Gasteiger partial charge in [0.2, 0.25) is 0 Å². The largest absolute Gasteiger partial charge is 0.493 e. The summed E-state index contributed by atoms with van der Waals surface area (Å²) in [5.74, 6) is 1.93. The number of ether oxygens (including phenoxy) is 2. The lowest BCUT2D eigenvalue weighted by atomic mass is 10.1. The van der Waals surface area contributed by atoms with Crippen LogP contribution in [-0.4, -0.2) is 19.2 Å². The van der Waals surface area contributed by atoms with E-state index in [9.17, 15) is 0 Å². The highest BCUT2D eigenvalue weighted by atomic mass is 16.5. The van der Waals surface area contributed by atoms with Crippen LogP contribution in [0.15, 0.2) is 48.7 Å². The number of hydrogen-bond acceptors (Lipinski definition) is 5. The summed E-state index contributed by atoms with van der Waals surface area (Å²) in [7, 11) is 3.20. The predicted octanol–water partition coefficient (Wildman–Crippen LogP) is 3.58. The molecular formula is C17H17N3O2. The van der Waals surface area contributed by atoms with E-state index < -0.39 is 0 Å². The number of rotatable bonds is 4. The zero-order chi connectivity index (χ0) is 15.5. The Morgan fingerprint density at radius 1 is 1.05 bits per heavy atom. The molecule has 112 valence electrons. The molecule has 1 aromatic heterocycles. The van der Waals surface area contributed by atoms with E-state index in [4.69, 9.17) is 15.2 Å². The second-order valence-corrected chi connectivity index (χ2v) is 4.77. The molecule has 5 nitrogen and oxygen atoms in total. The van der Waals surface area contributed by atoms with Gasteiger partial charge < -0.3 is 20.5 Å². The standard InChI is InChI=1S/C17H17N3O2/c1-21-14-10-13(18)15-12(16(14)22-2)8-9-19-17(15)20-11-6-4-3-5-7-11/h3-10H,18H2,1-2H3,(H,19,20). The van der Waals surface area contributed by atoms with Crippen LogP contribution >= 0.6 is 0 Å². The average molecular weight is 295 g/mol. The average Bonchev–Trinajstić information content (AvgIpc) is 2.55. The van der Waals surface area contributed by atoms with Gasteiger partial charge in [-0.25, -0.2) is 4.98 Å². The number of methoxy groups -OCH3 is 2. The summed E-state index contributed by atoms with van der Waals surface area (Å²) in [6, 6.07) is 13.4. The number of anilines is 3. The molecular weight excluding hydrogens is 278 g/mol. The van der Waals surface area contributed by atoms with Crippen LogP contribution in [0.4, 0.5) is 17.2 Å². The van der Waals surface area contributed by atoms with Crippen molar-refractivity contribution in [2.45, 2.75) is 0 Å². The van der Waals surface area contributed by atoms with Gasteiger partial charge in [0.05, 0.1) is 19.6 Å². The smallest absolute Gasteiger partial charge is 0.168 e. The van der Waals surface area contributed by atoms with Crippen molar-refractivity contribution in [2.75, 3.05) is 25.3 Å². The van der Waals surface area contributed by atoms with Crippen LogP contribution in [0.5, 0.6) is 11.5 Å². The van der Waals surface area contributed by atoms with E-state index in [1.165, 1.54) is 0 Å². The second kappa shape index (κ2) is 5.81. The zero-order valence-corrected chi connectivity index (χ0v) is 12.5. The van der Waals surface area contributed by atoms with Gasteiger partial charge >= 0.3 is 0 Å². The van der Waals surface area contributed by atoms with Gasteiger partial charge in [-0.1, -0.05) is 18.2 Å². The van der Waals surface area contributed by atoms with Crippen LogP contribution in [0.3, 0.4) is 0 Å². The third-order valence-electron chi connectivity index (χ3n) is 3.46. The van der Waals surface area contributed by atoms with Crippen molar-refractivity contribution in [3.63, 3.8) is 0 Å². The number of para-hydroxylation sites is 1. The Morgan fingerprint density at radius 2 is 1.82 bits per heavy atom. The second-order valence-electron chi connectivity index (χ2n) is 4.77. The van der Waals surface area contributed by atoms with Gasteiger partial charge in [-0.2, -0.15) is 0 Å². The Kier molecular flexibility index (Phi) is 3.70. The first kappa shape index (κ1) is 14.0. The van der Waals surface area contributed by atoms with Gasteiger partial charge in [0.15, 0.2) is 11.5 Å². The van der Waals surface area contributed by atoms with Crippen LogP contribution < -0.4 is 20.5 Å². The highest BCUT2D eigenvalue weighted by Crippen LogP contribution is 2.41. The topological polar surface area (TPSA) is 69.4 Å². The number of nitrogens with zero attached hydrogens (tertiary/aromatic N) is 1. The van der Waals surface area contributed by atoms with E-state index in [0.29, 0.717) is 23.0 Å². The van der Waals surface area contributed by atoms with Crippen LogP contribution in [0.25, 0.3) is 10.8 Å². The SMILES string of the molecule is COc1cc(N)c2c(Nc3ccccc3)nccc2c1OC. The molecule has 3 N–H and O–H groups in total. The third-order valence-corrected chi connectivity index (χ3v) is 3.46. The van der Waals surface area contributed by atoms with Gasteiger partial charge in [-0.3, -0.25) is 0 Å². The van der Waals surface area contributed by atoms with Crippen molar-refractivity contribution in [3.05, 3.63) is 48.7 Å². The Balaban J connectivity index is 2.20. The first-order chi connectivity index (χ1) is 10.7. The van der Waals surface area contributed by atoms with Crippen molar-refractivity contribution >= 4 is 28.0 Å². The molecule has 0 radical (unpaired) electrons. The number of nitrogens with one attached hydrogen (secondary N) is 1. The summed E-state index contributed by atoms with van der Waals surface area (Å²) in [5.41, 5.74) is 7.72. The molecule has 0 bridgehead atoms. The minimum atomic E-state index is 0.583. The quantitative estimate of drug-likeness (QED) is 0.720. The summed E-state index contributed by atoms with van der Waals surface area (Å²) in [5, 5.41) is 4.95.